The van der Waals surface area contributed by atoms with E-state index in [1.165, 1.54) is 0 Å². The Bertz CT molecular complexity index is 1540. The van der Waals surface area contributed by atoms with Gasteiger partial charge in [0.2, 0.25) is 12.1 Å². The van der Waals surface area contributed by atoms with Crippen molar-refractivity contribution in [2.24, 2.45) is 0 Å². The molecule has 4 aromatic rings. The van der Waals surface area contributed by atoms with Gasteiger partial charge in [0.1, 0.15) is 24.1 Å². The Balaban J connectivity index is 1.40. The lowest BCUT2D eigenvalue weighted by molar-refractivity contribution is -0.251. The zero-order chi connectivity index (χ0) is 30.0. The fourth-order valence-electron chi connectivity index (χ4n) is 4.97. The van der Waals surface area contributed by atoms with Crippen molar-refractivity contribution < 1.29 is 35.1 Å². The van der Waals surface area contributed by atoms with Gasteiger partial charge in [0, 0.05) is 18.5 Å². The van der Waals surface area contributed by atoms with E-state index in [4.69, 9.17) is 16.3 Å². The highest BCUT2D eigenvalue weighted by Gasteiger charge is 2.48. The highest BCUT2D eigenvalue weighted by molar-refractivity contribution is 6.30. The van der Waals surface area contributed by atoms with E-state index in [1.807, 2.05) is 41.0 Å². The van der Waals surface area contributed by atoms with Crippen molar-refractivity contribution >= 4 is 17.6 Å². The predicted molar refractivity (Wildman–Crippen MR) is 149 cm³/mol. The Hall–Kier alpha value is -3.72. The molecule has 2 aromatic carbocycles. The molecule has 0 spiro atoms. The number of unbranched alkanes of at least 4 members (excludes halogenated alkanes) is 1. The molecule has 13 nitrogen and oxygen atoms in total. The summed E-state index contributed by atoms with van der Waals surface area (Å²) in [6, 6.07) is 15.2. The second-order valence-electron chi connectivity index (χ2n) is 10.0. The van der Waals surface area contributed by atoms with Crippen LogP contribution in [-0.2, 0) is 29.1 Å². The zero-order valence-corrected chi connectivity index (χ0v) is 23.4. The SMILES string of the molecule is CCCCc1nc(Cl)c(CO)n1Cc1ccc(-c2ccccc2-c2nnn(C3OC(C(=O)O)C(O)C(O)C3O)n2)cc1. The molecule has 1 aliphatic heterocycles. The number of benzene rings is 2. The Labute approximate surface area is 245 Å². The molecular formula is C28H31ClN6O7. The number of aliphatic carboxylic acids is 1. The lowest BCUT2D eigenvalue weighted by Gasteiger charge is -2.37. The lowest BCUT2D eigenvalue weighted by Crippen LogP contribution is -2.58. The Morgan fingerprint density at radius 1 is 1.02 bits per heavy atom. The van der Waals surface area contributed by atoms with Crippen LogP contribution in [0.3, 0.4) is 0 Å². The van der Waals surface area contributed by atoms with E-state index in [0.717, 1.165) is 46.6 Å². The van der Waals surface area contributed by atoms with Crippen LogP contribution in [0.25, 0.3) is 22.5 Å². The van der Waals surface area contributed by atoms with Gasteiger partial charge < -0.3 is 34.8 Å². The van der Waals surface area contributed by atoms with Gasteiger partial charge >= 0.3 is 5.97 Å². The van der Waals surface area contributed by atoms with Crippen LogP contribution in [0.2, 0.25) is 5.15 Å². The first-order valence-corrected chi connectivity index (χ1v) is 13.9. The monoisotopic (exact) mass is 598 g/mol. The van der Waals surface area contributed by atoms with Gasteiger partial charge in [-0.3, -0.25) is 0 Å². The maximum absolute atomic E-state index is 11.5. The average Bonchev–Trinajstić information content (AvgIpc) is 3.59. The smallest absolute Gasteiger partial charge is 0.335 e. The largest absolute Gasteiger partial charge is 0.479 e. The predicted octanol–water partition coefficient (Wildman–Crippen LogP) is 1.80. The average molecular weight is 599 g/mol. The van der Waals surface area contributed by atoms with Crippen LogP contribution in [-0.4, -0.2) is 85.7 Å². The summed E-state index contributed by atoms with van der Waals surface area (Å²) in [6.07, 6.45) is -5.86. The second-order valence-corrected chi connectivity index (χ2v) is 10.4. The molecule has 0 amide bonds. The summed E-state index contributed by atoms with van der Waals surface area (Å²) in [5.74, 6) is -0.495. The molecule has 3 heterocycles. The van der Waals surface area contributed by atoms with E-state index < -0.39 is 36.6 Å². The summed E-state index contributed by atoms with van der Waals surface area (Å²) in [5.41, 5.74) is 3.83. The molecule has 222 valence electrons. The van der Waals surface area contributed by atoms with Crippen molar-refractivity contribution in [3.05, 3.63) is 70.8 Å². The van der Waals surface area contributed by atoms with E-state index in [-0.39, 0.29) is 12.4 Å². The minimum Gasteiger partial charge on any atom is -0.479 e. The summed E-state index contributed by atoms with van der Waals surface area (Å²) in [4.78, 5) is 16.8. The summed E-state index contributed by atoms with van der Waals surface area (Å²) in [6.45, 7) is 2.39. The highest BCUT2D eigenvalue weighted by Crippen LogP contribution is 2.32. The summed E-state index contributed by atoms with van der Waals surface area (Å²) in [5, 5.41) is 62.4. The van der Waals surface area contributed by atoms with Gasteiger partial charge in [-0.05, 0) is 28.3 Å². The molecule has 5 N–H and O–H groups in total. The number of tetrazole rings is 1. The molecule has 1 aliphatic rings. The number of nitrogens with zero attached hydrogens (tertiary/aromatic N) is 6. The third-order valence-corrected chi connectivity index (χ3v) is 7.57. The number of halogens is 1. The first kappa shape index (κ1) is 29.8. The number of hydrogen-bond donors (Lipinski definition) is 5. The normalized spacial score (nSPS) is 22.4. The molecular weight excluding hydrogens is 568 g/mol. The molecule has 1 saturated heterocycles. The minimum absolute atomic E-state index is 0.180. The van der Waals surface area contributed by atoms with Crippen molar-refractivity contribution in [3.63, 3.8) is 0 Å². The van der Waals surface area contributed by atoms with Crippen LogP contribution in [0.1, 0.15) is 43.1 Å². The topological polar surface area (TPSA) is 189 Å². The molecule has 14 heteroatoms. The number of ether oxygens (including phenoxy) is 1. The molecule has 0 radical (unpaired) electrons. The molecule has 2 aromatic heterocycles. The van der Waals surface area contributed by atoms with Gasteiger partial charge in [-0.25, -0.2) is 9.78 Å². The molecule has 0 saturated carbocycles. The number of carboxylic acid groups (broad SMARTS) is 1. The number of aliphatic hydroxyl groups excluding tert-OH is 4. The van der Waals surface area contributed by atoms with Crippen molar-refractivity contribution in [1.29, 1.82) is 0 Å². The minimum atomic E-state index is -1.83. The van der Waals surface area contributed by atoms with Crippen LogP contribution in [0.4, 0.5) is 0 Å². The van der Waals surface area contributed by atoms with Gasteiger partial charge in [0.15, 0.2) is 11.3 Å². The number of carboxylic acids is 1. The summed E-state index contributed by atoms with van der Waals surface area (Å²) in [7, 11) is 0. The van der Waals surface area contributed by atoms with Gasteiger partial charge in [-0.2, -0.15) is 0 Å². The third kappa shape index (κ3) is 5.79. The number of imidazole rings is 1. The Morgan fingerprint density at radius 2 is 1.74 bits per heavy atom. The number of hydrogen-bond acceptors (Lipinski definition) is 10. The van der Waals surface area contributed by atoms with E-state index in [9.17, 15) is 30.3 Å². The molecule has 5 unspecified atom stereocenters. The van der Waals surface area contributed by atoms with Crippen LogP contribution in [0.15, 0.2) is 48.5 Å². The Kier molecular flexibility index (Phi) is 8.96. The first-order chi connectivity index (χ1) is 20.2. The molecule has 0 aliphatic carbocycles. The fourth-order valence-corrected chi connectivity index (χ4v) is 5.23. The lowest BCUT2D eigenvalue weighted by atomic mass is 9.98. The van der Waals surface area contributed by atoms with Crippen molar-refractivity contribution in [3.8, 4) is 22.5 Å². The van der Waals surface area contributed by atoms with E-state index in [0.29, 0.717) is 23.0 Å². The molecule has 1 fully saturated rings. The van der Waals surface area contributed by atoms with Crippen LogP contribution >= 0.6 is 11.6 Å². The number of aryl methyl sites for hydroxylation is 1. The number of carbonyl (C=O) groups is 1. The molecule has 0 bridgehead atoms. The van der Waals surface area contributed by atoms with Crippen LogP contribution in [0.5, 0.6) is 0 Å². The Morgan fingerprint density at radius 3 is 2.40 bits per heavy atom. The third-order valence-electron chi connectivity index (χ3n) is 7.27. The molecule has 5 atom stereocenters. The quantitative estimate of drug-likeness (QED) is 0.179. The van der Waals surface area contributed by atoms with Gasteiger partial charge in [0.05, 0.1) is 12.3 Å². The second kappa shape index (κ2) is 12.7. The van der Waals surface area contributed by atoms with Crippen molar-refractivity contribution in [1.82, 2.24) is 29.8 Å². The van der Waals surface area contributed by atoms with Crippen LogP contribution in [0, 0.1) is 0 Å². The summed E-state index contributed by atoms with van der Waals surface area (Å²) < 4.78 is 7.27. The maximum Gasteiger partial charge on any atom is 0.335 e. The highest BCUT2D eigenvalue weighted by atomic mass is 35.5. The van der Waals surface area contributed by atoms with E-state index in [1.54, 1.807) is 12.1 Å². The van der Waals surface area contributed by atoms with Gasteiger partial charge in [-0.1, -0.05) is 73.5 Å². The number of rotatable bonds is 10. The van der Waals surface area contributed by atoms with E-state index in [2.05, 4.69) is 27.3 Å². The number of aliphatic hydroxyl groups is 4. The molecule has 42 heavy (non-hydrogen) atoms. The fraction of sp³-hybridized carbons (Fsp3) is 0.393. The van der Waals surface area contributed by atoms with Gasteiger partial charge in [0.25, 0.3) is 0 Å². The van der Waals surface area contributed by atoms with Crippen molar-refractivity contribution in [2.75, 3.05) is 0 Å². The van der Waals surface area contributed by atoms with Crippen LogP contribution < -0.4 is 0 Å². The van der Waals surface area contributed by atoms with E-state index >= 15 is 0 Å². The zero-order valence-electron chi connectivity index (χ0n) is 22.7. The standard InChI is InChI=1S/C28H31ClN6O7/c1-2-3-8-20-30-25(29)19(14-36)34(20)13-15-9-11-16(12-10-15)17-6-4-5-7-18(17)26-31-33-35(32-26)27-23(39)21(37)22(38)24(42-27)28(40)41/h4-7,9-12,21-24,27,36-39H,2-3,8,13-14H2,1H3,(H,40,41). The molecule has 5 rings (SSSR count). The van der Waals surface area contributed by atoms with Gasteiger partial charge in [-0.15, -0.1) is 15.0 Å². The first-order valence-electron chi connectivity index (χ1n) is 13.5. The summed E-state index contributed by atoms with van der Waals surface area (Å²) >= 11 is 6.29. The maximum atomic E-state index is 11.5. The number of aromatic nitrogens is 6. The van der Waals surface area contributed by atoms with Crippen molar-refractivity contribution in [2.45, 2.75) is 70.0 Å².